The summed E-state index contributed by atoms with van der Waals surface area (Å²) in [6.45, 7) is 0. The topological polar surface area (TPSA) is 38.7 Å². The summed E-state index contributed by atoms with van der Waals surface area (Å²) >= 11 is 3.23. The monoisotopic (exact) mass is 352 g/mol. The van der Waals surface area contributed by atoms with Crippen LogP contribution in [0.1, 0.15) is 29.8 Å². The van der Waals surface area contributed by atoms with Crippen molar-refractivity contribution >= 4 is 15.9 Å². The Labute approximate surface area is 130 Å². The lowest BCUT2D eigenvalue weighted by molar-refractivity contribution is 0.0637. The maximum Gasteiger partial charge on any atom is 0.131 e. The van der Waals surface area contributed by atoms with Crippen LogP contribution in [0.4, 0.5) is 4.39 Å². The van der Waals surface area contributed by atoms with E-state index < -0.39 is 12.2 Å². The maximum atomic E-state index is 14.0. The van der Waals surface area contributed by atoms with Gasteiger partial charge in [0.25, 0.3) is 0 Å². The molecule has 1 aliphatic rings. The maximum absolute atomic E-state index is 14.0. The van der Waals surface area contributed by atoms with E-state index in [-0.39, 0.29) is 5.82 Å². The number of ether oxygens (including phenoxy) is 2. The van der Waals surface area contributed by atoms with Gasteiger partial charge in [0, 0.05) is 22.0 Å². The molecule has 0 spiro atoms. The summed E-state index contributed by atoms with van der Waals surface area (Å²) in [7, 11) is 1.57. The lowest BCUT2D eigenvalue weighted by atomic mass is 9.94. The average molecular weight is 353 g/mol. The van der Waals surface area contributed by atoms with Crippen LogP contribution in [-0.4, -0.2) is 12.2 Å². The number of halogens is 2. The highest BCUT2D eigenvalue weighted by atomic mass is 79.9. The van der Waals surface area contributed by atoms with Crippen LogP contribution in [0.3, 0.4) is 0 Å². The summed E-state index contributed by atoms with van der Waals surface area (Å²) in [5.41, 5.74) is 1.11. The van der Waals surface area contributed by atoms with E-state index in [4.69, 9.17) is 9.47 Å². The second kappa shape index (κ2) is 5.66. The minimum Gasteiger partial charge on any atom is -0.497 e. The number of methoxy groups -OCH3 is 1. The Morgan fingerprint density at radius 3 is 2.76 bits per heavy atom. The molecule has 0 saturated carbocycles. The molecule has 2 atom stereocenters. The molecular formula is C16H14BrFO3. The highest BCUT2D eigenvalue weighted by Crippen LogP contribution is 2.42. The van der Waals surface area contributed by atoms with Gasteiger partial charge in [-0.15, -0.1) is 0 Å². The first-order chi connectivity index (χ1) is 10.1. The molecule has 0 aliphatic carbocycles. The highest BCUT2D eigenvalue weighted by molar-refractivity contribution is 9.10. The molecule has 0 amide bonds. The number of benzene rings is 2. The third-order valence-electron chi connectivity index (χ3n) is 3.59. The summed E-state index contributed by atoms with van der Waals surface area (Å²) in [6.07, 6.45) is -0.912. The van der Waals surface area contributed by atoms with Gasteiger partial charge in [-0.2, -0.15) is 0 Å². The third kappa shape index (κ3) is 2.76. The summed E-state index contributed by atoms with van der Waals surface area (Å²) < 4.78 is 25.7. The Kier molecular flexibility index (Phi) is 3.87. The SMILES string of the molecule is COc1ccc2c(c1)[C@@H](O)CC(c1ccc(Br)cc1F)O2. The predicted molar refractivity (Wildman–Crippen MR) is 80.0 cm³/mol. The average Bonchev–Trinajstić information content (AvgIpc) is 2.47. The van der Waals surface area contributed by atoms with Crippen LogP contribution in [0.5, 0.6) is 11.5 Å². The van der Waals surface area contributed by atoms with Gasteiger partial charge in [-0.3, -0.25) is 0 Å². The van der Waals surface area contributed by atoms with E-state index in [2.05, 4.69) is 15.9 Å². The van der Waals surface area contributed by atoms with E-state index in [0.717, 1.165) is 0 Å². The largest absolute Gasteiger partial charge is 0.497 e. The Balaban J connectivity index is 1.94. The molecule has 0 radical (unpaired) electrons. The zero-order valence-electron chi connectivity index (χ0n) is 11.3. The molecule has 110 valence electrons. The molecule has 0 bridgehead atoms. The Bertz CT molecular complexity index is 675. The molecule has 1 N–H and O–H groups in total. The summed E-state index contributed by atoms with van der Waals surface area (Å²) in [5, 5.41) is 10.3. The minimum absolute atomic E-state index is 0.304. The van der Waals surface area contributed by atoms with Crippen LogP contribution in [0, 0.1) is 5.82 Å². The van der Waals surface area contributed by atoms with Crippen molar-refractivity contribution in [3.8, 4) is 11.5 Å². The second-order valence-corrected chi connectivity index (χ2v) is 5.84. The van der Waals surface area contributed by atoms with E-state index in [0.29, 0.717) is 33.5 Å². The van der Waals surface area contributed by atoms with E-state index >= 15 is 0 Å². The second-order valence-electron chi connectivity index (χ2n) is 4.93. The zero-order valence-corrected chi connectivity index (χ0v) is 12.9. The van der Waals surface area contributed by atoms with Crippen molar-refractivity contribution in [2.75, 3.05) is 7.11 Å². The third-order valence-corrected chi connectivity index (χ3v) is 4.09. The molecule has 2 aromatic carbocycles. The fraction of sp³-hybridized carbons (Fsp3) is 0.250. The van der Waals surface area contributed by atoms with Gasteiger partial charge in [-0.1, -0.05) is 22.0 Å². The van der Waals surface area contributed by atoms with Gasteiger partial charge < -0.3 is 14.6 Å². The zero-order chi connectivity index (χ0) is 15.0. The molecule has 0 fully saturated rings. The first-order valence-electron chi connectivity index (χ1n) is 6.56. The standard InChI is InChI=1S/C16H14BrFO3/c1-20-10-3-5-15-12(7-10)14(19)8-16(21-15)11-4-2-9(17)6-13(11)18/h2-7,14,16,19H,8H2,1H3/t14-,16?/m0/s1. The molecule has 0 saturated heterocycles. The lowest BCUT2D eigenvalue weighted by Gasteiger charge is -2.30. The van der Waals surface area contributed by atoms with Crippen molar-refractivity contribution in [3.05, 3.63) is 57.8 Å². The molecular weight excluding hydrogens is 339 g/mol. The number of hydrogen-bond donors (Lipinski definition) is 1. The van der Waals surface area contributed by atoms with Crippen LogP contribution in [-0.2, 0) is 0 Å². The predicted octanol–water partition coefficient (Wildman–Crippen LogP) is 4.15. The lowest BCUT2D eigenvalue weighted by Crippen LogP contribution is -2.20. The number of fused-ring (bicyclic) bond motifs is 1. The Hall–Kier alpha value is -1.59. The number of aliphatic hydroxyl groups is 1. The van der Waals surface area contributed by atoms with Gasteiger partial charge in [-0.25, -0.2) is 4.39 Å². The quantitative estimate of drug-likeness (QED) is 0.882. The Morgan fingerprint density at radius 1 is 1.24 bits per heavy atom. The molecule has 1 heterocycles. The smallest absolute Gasteiger partial charge is 0.131 e. The molecule has 1 aliphatic heterocycles. The van der Waals surface area contributed by atoms with Crippen molar-refractivity contribution in [1.29, 1.82) is 0 Å². The van der Waals surface area contributed by atoms with Crippen LogP contribution >= 0.6 is 15.9 Å². The molecule has 2 aromatic rings. The normalized spacial score (nSPS) is 20.6. The van der Waals surface area contributed by atoms with Crippen LogP contribution < -0.4 is 9.47 Å². The van der Waals surface area contributed by atoms with E-state index in [9.17, 15) is 9.50 Å². The highest BCUT2D eigenvalue weighted by Gasteiger charge is 2.30. The van der Waals surface area contributed by atoms with E-state index in [1.807, 2.05) is 0 Å². The van der Waals surface area contributed by atoms with Crippen molar-refractivity contribution < 1.29 is 19.0 Å². The van der Waals surface area contributed by atoms with Crippen molar-refractivity contribution in [2.24, 2.45) is 0 Å². The van der Waals surface area contributed by atoms with Crippen molar-refractivity contribution in [3.63, 3.8) is 0 Å². The van der Waals surface area contributed by atoms with E-state index in [1.54, 1.807) is 37.4 Å². The first kappa shape index (κ1) is 14.4. The molecule has 0 aromatic heterocycles. The number of hydrogen-bond acceptors (Lipinski definition) is 3. The summed E-state index contributed by atoms with van der Waals surface area (Å²) in [6, 6.07) is 10.1. The van der Waals surface area contributed by atoms with Crippen molar-refractivity contribution in [1.82, 2.24) is 0 Å². The minimum atomic E-state index is -0.711. The van der Waals surface area contributed by atoms with Gasteiger partial charge in [0.1, 0.15) is 23.4 Å². The summed E-state index contributed by atoms with van der Waals surface area (Å²) in [4.78, 5) is 0. The van der Waals surface area contributed by atoms with Gasteiger partial charge in [0.2, 0.25) is 0 Å². The number of rotatable bonds is 2. The van der Waals surface area contributed by atoms with Crippen LogP contribution in [0.15, 0.2) is 40.9 Å². The van der Waals surface area contributed by atoms with Gasteiger partial charge in [0.05, 0.1) is 13.2 Å². The van der Waals surface area contributed by atoms with Gasteiger partial charge >= 0.3 is 0 Å². The molecule has 5 heteroatoms. The van der Waals surface area contributed by atoms with Crippen molar-refractivity contribution in [2.45, 2.75) is 18.6 Å². The van der Waals surface area contributed by atoms with Crippen LogP contribution in [0.2, 0.25) is 0 Å². The first-order valence-corrected chi connectivity index (χ1v) is 7.35. The summed E-state index contributed by atoms with van der Waals surface area (Å²) in [5.74, 6) is 0.866. The molecule has 3 rings (SSSR count). The fourth-order valence-electron chi connectivity index (χ4n) is 2.51. The molecule has 3 nitrogen and oxygen atoms in total. The van der Waals surface area contributed by atoms with Crippen LogP contribution in [0.25, 0.3) is 0 Å². The van der Waals surface area contributed by atoms with Gasteiger partial charge in [0.15, 0.2) is 0 Å². The fourth-order valence-corrected chi connectivity index (χ4v) is 2.84. The Morgan fingerprint density at radius 2 is 2.05 bits per heavy atom. The number of aliphatic hydroxyl groups excluding tert-OH is 1. The van der Waals surface area contributed by atoms with E-state index in [1.165, 1.54) is 6.07 Å². The molecule has 21 heavy (non-hydrogen) atoms. The van der Waals surface area contributed by atoms with Gasteiger partial charge in [-0.05, 0) is 30.3 Å². The molecule has 1 unspecified atom stereocenters.